The number of hydrazone groups is 1. The lowest BCUT2D eigenvalue weighted by Gasteiger charge is -2.30. The number of nitrogens with zero attached hydrogens (tertiary/aromatic N) is 3. The maximum Gasteiger partial charge on any atom is 0.309 e. The Morgan fingerprint density at radius 3 is 2.83 bits per heavy atom. The second kappa shape index (κ2) is 10.0. The van der Waals surface area contributed by atoms with Crippen molar-refractivity contribution in [2.75, 3.05) is 24.6 Å². The molecule has 1 saturated heterocycles. The first-order valence-corrected chi connectivity index (χ1v) is 10.7. The van der Waals surface area contributed by atoms with Crippen molar-refractivity contribution in [2.24, 2.45) is 11.0 Å². The first kappa shape index (κ1) is 21.5. The smallest absolute Gasteiger partial charge is 0.309 e. The molecule has 1 amide bonds. The largest absolute Gasteiger partial charge is 0.466 e. The molecule has 0 spiro atoms. The number of benzene rings is 1. The molecule has 0 unspecified atom stereocenters. The summed E-state index contributed by atoms with van der Waals surface area (Å²) in [6.45, 7) is 3.73. The minimum absolute atomic E-state index is 0.0397. The van der Waals surface area contributed by atoms with E-state index in [1.165, 1.54) is 23.6 Å². The number of halogens is 2. The third-order valence-electron chi connectivity index (χ3n) is 4.43. The average molecular weight is 455 g/mol. The van der Waals surface area contributed by atoms with E-state index < -0.39 is 5.91 Å². The minimum Gasteiger partial charge on any atom is -0.466 e. The van der Waals surface area contributed by atoms with Crippen LogP contribution in [0.25, 0.3) is 0 Å². The summed E-state index contributed by atoms with van der Waals surface area (Å²) in [5, 5.41) is 5.55. The molecule has 1 aromatic heterocycles. The van der Waals surface area contributed by atoms with Crippen LogP contribution in [0.5, 0.6) is 0 Å². The zero-order valence-corrected chi connectivity index (χ0v) is 18.1. The van der Waals surface area contributed by atoms with Gasteiger partial charge in [-0.15, -0.1) is 0 Å². The van der Waals surface area contributed by atoms with E-state index in [0.717, 1.165) is 35.9 Å². The standard InChI is InChI=1S/C19H20Cl2N4O3S/c1-2-28-18(27)12-5-7-25(8-6-12)19-22-10-14(29-19)11-23-24-17(26)15-4-3-13(20)9-16(15)21/h3-4,9-12H,2,5-8H2,1H3,(H,24,26)/b23-11-. The summed E-state index contributed by atoms with van der Waals surface area (Å²) in [5.74, 6) is -0.577. The van der Waals surface area contributed by atoms with Gasteiger partial charge in [0.1, 0.15) is 0 Å². The number of nitrogens with one attached hydrogen (secondary N) is 1. The van der Waals surface area contributed by atoms with Crippen molar-refractivity contribution < 1.29 is 14.3 Å². The number of hydrogen-bond donors (Lipinski definition) is 1. The summed E-state index contributed by atoms with van der Waals surface area (Å²) in [6, 6.07) is 4.63. The lowest BCUT2D eigenvalue weighted by molar-refractivity contribution is -0.148. The monoisotopic (exact) mass is 454 g/mol. The number of aromatic nitrogens is 1. The quantitative estimate of drug-likeness (QED) is 0.405. The summed E-state index contributed by atoms with van der Waals surface area (Å²) < 4.78 is 5.10. The van der Waals surface area contributed by atoms with Crippen LogP contribution < -0.4 is 10.3 Å². The number of carbonyl (C=O) groups is 2. The van der Waals surface area contributed by atoms with E-state index in [9.17, 15) is 9.59 Å². The van der Waals surface area contributed by atoms with E-state index in [4.69, 9.17) is 27.9 Å². The van der Waals surface area contributed by atoms with E-state index in [-0.39, 0.29) is 16.9 Å². The van der Waals surface area contributed by atoms with Gasteiger partial charge in [0.15, 0.2) is 5.13 Å². The van der Waals surface area contributed by atoms with Crippen LogP contribution in [0, 0.1) is 5.92 Å². The molecule has 0 atom stereocenters. The molecule has 1 aromatic carbocycles. The molecule has 0 aliphatic carbocycles. The summed E-state index contributed by atoms with van der Waals surface area (Å²) in [7, 11) is 0. The van der Waals surface area contributed by atoms with E-state index in [0.29, 0.717) is 17.2 Å². The number of anilines is 1. The van der Waals surface area contributed by atoms with E-state index in [1.54, 1.807) is 18.3 Å². The first-order chi connectivity index (χ1) is 14.0. The topological polar surface area (TPSA) is 83.9 Å². The second-order valence-electron chi connectivity index (χ2n) is 6.38. The van der Waals surface area contributed by atoms with E-state index in [2.05, 4.69) is 20.4 Å². The Morgan fingerprint density at radius 2 is 2.14 bits per heavy atom. The zero-order chi connectivity index (χ0) is 20.8. The third kappa shape index (κ3) is 5.68. The molecule has 0 radical (unpaired) electrons. The lowest BCUT2D eigenvalue weighted by atomic mass is 9.97. The first-order valence-electron chi connectivity index (χ1n) is 9.13. The molecular formula is C19H20Cl2N4O3S. The second-order valence-corrected chi connectivity index (χ2v) is 8.27. The van der Waals surface area contributed by atoms with Gasteiger partial charge in [0.2, 0.25) is 0 Å². The van der Waals surface area contributed by atoms with Gasteiger partial charge in [0.25, 0.3) is 5.91 Å². The van der Waals surface area contributed by atoms with Crippen molar-refractivity contribution in [3.05, 3.63) is 44.9 Å². The maximum absolute atomic E-state index is 12.1. The van der Waals surface area contributed by atoms with Crippen LogP contribution in [0.1, 0.15) is 35.0 Å². The highest BCUT2D eigenvalue weighted by Crippen LogP contribution is 2.27. The van der Waals surface area contributed by atoms with Crippen LogP contribution in [-0.4, -0.2) is 42.8 Å². The van der Waals surface area contributed by atoms with Crippen molar-refractivity contribution in [2.45, 2.75) is 19.8 Å². The molecule has 1 fully saturated rings. The molecule has 154 valence electrons. The van der Waals surface area contributed by atoms with Crippen molar-refractivity contribution in [3.63, 3.8) is 0 Å². The Balaban J connectivity index is 1.53. The van der Waals surface area contributed by atoms with E-state index >= 15 is 0 Å². The lowest BCUT2D eigenvalue weighted by Crippen LogP contribution is -2.36. The molecule has 3 rings (SSSR count). The van der Waals surface area contributed by atoms with Crippen molar-refractivity contribution in [3.8, 4) is 0 Å². The molecule has 1 aliphatic heterocycles. The number of rotatable bonds is 6. The number of hydrogen-bond acceptors (Lipinski definition) is 7. The number of esters is 1. The highest BCUT2D eigenvalue weighted by Gasteiger charge is 2.27. The molecule has 7 nitrogen and oxygen atoms in total. The Kier molecular flexibility index (Phi) is 7.46. The van der Waals surface area contributed by atoms with Crippen LogP contribution in [0.15, 0.2) is 29.5 Å². The molecule has 0 bridgehead atoms. The predicted molar refractivity (Wildman–Crippen MR) is 115 cm³/mol. The molecule has 10 heteroatoms. The summed E-state index contributed by atoms with van der Waals surface area (Å²) in [5.41, 5.74) is 2.74. The Hall–Kier alpha value is -2.16. The predicted octanol–water partition coefficient (Wildman–Crippen LogP) is 3.99. The van der Waals surface area contributed by atoms with Crippen molar-refractivity contribution >= 4 is 57.8 Å². The van der Waals surface area contributed by atoms with Crippen LogP contribution in [-0.2, 0) is 9.53 Å². The maximum atomic E-state index is 12.1. The SMILES string of the molecule is CCOC(=O)C1CCN(c2ncc(/C=N\NC(=O)c3ccc(Cl)cc3Cl)s2)CC1. The fraction of sp³-hybridized carbons (Fsp3) is 0.368. The number of thiazole rings is 1. The van der Waals surface area contributed by atoms with Gasteiger partial charge in [-0.2, -0.15) is 5.10 Å². The van der Waals surface area contributed by atoms with Crippen LogP contribution in [0.3, 0.4) is 0 Å². The average Bonchev–Trinajstić information content (AvgIpc) is 3.17. The highest BCUT2D eigenvalue weighted by atomic mass is 35.5. The van der Waals surface area contributed by atoms with Crippen molar-refractivity contribution in [1.29, 1.82) is 0 Å². The fourth-order valence-corrected chi connectivity index (χ4v) is 4.27. The van der Waals surface area contributed by atoms with Crippen LogP contribution in [0.4, 0.5) is 5.13 Å². The van der Waals surface area contributed by atoms with Crippen LogP contribution >= 0.6 is 34.5 Å². The third-order valence-corrected chi connectivity index (χ3v) is 5.97. The number of ether oxygens (including phenoxy) is 1. The van der Waals surface area contributed by atoms with Crippen molar-refractivity contribution in [1.82, 2.24) is 10.4 Å². The molecule has 29 heavy (non-hydrogen) atoms. The summed E-state index contributed by atoms with van der Waals surface area (Å²) in [6.07, 6.45) is 4.73. The van der Waals surface area contributed by atoms with Gasteiger partial charge in [0.05, 0.1) is 34.2 Å². The Labute approximate surface area is 182 Å². The Bertz CT molecular complexity index is 911. The van der Waals surface area contributed by atoms with Gasteiger partial charge in [-0.05, 0) is 38.0 Å². The normalized spacial score (nSPS) is 14.9. The molecular weight excluding hydrogens is 435 g/mol. The number of carbonyl (C=O) groups excluding carboxylic acids is 2. The van der Waals surface area contributed by atoms with Gasteiger partial charge in [-0.3, -0.25) is 9.59 Å². The summed E-state index contributed by atoms with van der Waals surface area (Å²) in [4.78, 5) is 31.3. The van der Waals surface area contributed by atoms with Gasteiger partial charge < -0.3 is 9.64 Å². The molecule has 2 aromatic rings. The molecule has 2 heterocycles. The van der Waals surface area contributed by atoms with Gasteiger partial charge in [-0.1, -0.05) is 34.5 Å². The number of amides is 1. The van der Waals surface area contributed by atoms with Gasteiger partial charge in [-0.25, -0.2) is 10.4 Å². The summed E-state index contributed by atoms with van der Waals surface area (Å²) >= 11 is 13.3. The Morgan fingerprint density at radius 1 is 1.38 bits per heavy atom. The molecule has 1 N–H and O–H groups in total. The molecule has 1 aliphatic rings. The zero-order valence-electron chi connectivity index (χ0n) is 15.7. The number of piperidine rings is 1. The van der Waals surface area contributed by atoms with Crippen LogP contribution in [0.2, 0.25) is 10.0 Å². The molecule has 0 saturated carbocycles. The van der Waals surface area contributed by atoms with Gasteiger partial charge in [0, 0.05) is 24.3 Å². The van der Waals surface area contributed by atoms with Gasteiger partial charge >= 0.3 is 5.97 Å². The van der Waals surface area contributed by atoms with E-state index in [1.807, 2.05) is 6.92 Å². The fourth-order valence-electron chi connectivity index (χ4n) is 2.94. The highest BCUT2D eigenvalue weighted by molar-refractivity contribution is 7.17. The minimum atomic E-state index is -0.423.